The van der Waals surface area contributed by atoms with Gasteiger partial charge in [-0.15, -0.1) is 0 Å². The van der Waals surface area contributed by atoms with Crippen LogP contribution in [0.1, 0.15) is 27.2 Å². The molecule has 0 unspecified atom stereocenters. The van der Waals surface area contributed by atoms with Crippen molar-refractivity contribution >= 4 is 0 Å². The van der Waals surface area contributed by atoms with Gasteiger partial charge in [-0.3, -0.25) is 0 Å². The molecular formula is C8H14N. The van der Waals surface area contributed by atoms with Gasteiger partial charge in [0.25, 0.3) is 0 Å². The van der Waals surface area contributed by atoms with Crippen LogP contribution in [0.5, 0.6) is 0 Å². The Morgan fingerprint density at radius 3 is 2.22 bits per heavy atom. The van der Waals surface area contributed by atoms with Crippen LogP contribution >= 0.6 is 0 Å². The first-order chi connectivity index (χ1) is 4.20. The molecule has 1 nitrogen and oxygen atoms in total. The van der Waals surface area contributed by atoms with Crippen LogP contribution in [0.3, 0.4) is 0 Å². The van der Waals surface area contributed by atoms with Gasteiger partial charge in [0.2, 0.25) is 0 Å². The van der Waals surface area contributed by atoms with E-state index in [1.165, 1.54) is 0 Å². The number of hydrogen-bond donors (Lipinski definition) is 0. The predicted molar refractivity (Wildman–Crippen MR) is 38.5 cm³/mol. The molecule has 1 radical (unpaired) electrons. The molecule has 1 heteroatoms. The van der Waals surface area contributed by atoms with Crippen LogP contribution in [0.4, 0.5) is 0 Å². The molecule has 0 N–H and O–H groups in total. The fourth-order valence-electron chi connectivity index (χ4n) is 0.771. The van der Waals surface area contributed by atoms with Crippen LogP contribution in [0.2, 0.25) is 0 Å². The molecule has 0 aromatic heterocycles. The van der Waals surface area contributed by atoms with Crippen LogP contribution in [-0.2, 0) is 0 Å². The average molecular weight is 124 g/mol. The molecule has 0 fully saturated rings. The second-order valence-electron chi connectivity index (χ2n) is 2.70. The average Bonchev–Trinajstić information content (AvgIpc) is 1.82. The fraction of sp³-hybridized carbons (Fsp3) is 0.750. The van der Waals surface area contributed by atoms with Crippen molar-refractivity contribution in [2.75, 3.05) is 0 Å². The molecule has 0 aliphatic heterocycles. The zero-order chi connectivity index (χ0) is 7.28. The van der Waals surface area contributed by atoms with E-state index in [1.807, 2.05) is 13.3 Å². The number of rotatable bonds is 3. The third-order valence-electron chi connectivity index (χ3n) is 1.29. The van der Waals surface area contributed by atoms with E-state index in [-0.39, 0.29) is 5.92 Å². The van der Waals surface area contributed by atoms with E-state index < -0.39 is 0 Å². The summed E-state index contributed by atoms with van der Waals surface area (Å²) in [5.74, 6) is 0.788. The zero-order valence-corrected chi connectivity index (χ0v) is 6.39. The van der Waals surface area contributed by atoms with Gasteiger partial charge in [0.1, 0.15) is 0 Å². The Kier molecular flexibility index (Phi) is 4.13. The highest BCUT2D eigenvalue weighted by Gasteiger charge is 2.05. The summed E-state index contributed by atoms with van der Waals surface area (Å²) in [6, 6.07) is 2.23. The Hall–Kier alpha value is -0.510. The molecule has 0 aromatic carbocycles. The van der Waals surface area contributed by atoms with Gasteiger partial charge in [-0.2, -0.15) is 5.26 Å². The van der Waals surface area contributed by atoms with Crippen molar-refractivity contribution in [2.24, 2.45) is 11.8 Å². The molecule has 0 aromatic rings. The minimum atomic E-state index is 0.157. The quantitative estimate of drug-likeness (QED) is 0.566. The van der Waals surface area contributed by atoms with Gasteiger partial charge in [-0.05, 0) is 18.8 Å². The van der Waals surface area contributed by atoms with Crippen LogP contribution in [0.15, 0.2) is 0 Å². The van der Waals surface area contributed by atoms with Crippen molar-refractivity contribution in [1.29, 1.82) is 5.26 Å². The van der Waals surface area contributed by atoms with Gasteiger partial charge in [-0.1, -0.05) is 20.8 Å². The van der Waals surface area contributed by atoms with E-state index in [0.717, 1.165) is 6.42 Å². The maximum Gasteiger partial charge on any atom is 0.0658 e. The summed E-state index contributed by atoms with van der Waals surface area (Å²) in [6.07, 6.45) is 2.95. The van der Waals surface area contributed by atoms with Gasteiger partial charge in [0.15, 0.2) is 0 Å². The van der Waals surface area contributed by atoms with Crippen LogP contribution in [0, 0.1) is 29.6 Å². The summed E-state index contributed by atoms with van der Waals surface area (Å²) < 4.78 is 0. The fourth-order valence-corrected chi connectivity index (χ4v) is 0.771. The number of nitriles is 1. The van der Waals surface area contributed by atoms with E-state index in [9.17, 15) is 0 Å². The van der Waals surface area contributed by atoms with Crippen LogP contribution in [0.25, 0.3) is 0 Å². The van der Waals surface area contributed by atoms with Gasteiger partial charge >= 0.3 is 0 Å². The predicted octanol–water partition coefficient (Wildman–Crippen LogP) is 2.40. The third kappa shape index (κ3) is 4.02. The van der Waals surface area contributed by atoms with Crippen molar-refractivity contribution in [3.05, 3.63) is 6.42 Å². The Labute approximate surface area is 57.7 Å². The molecule has 0 bridgehead atoms. The molecule has 9 heavy (non-hydrogen) atoms. The summed E-state index contributed by atoms with van der Waals surface area (Å²) in [6.45, 7) is 6.21. The van der Waals surface area contributed by atoms with Crippen molar-refractivity contribution in [3.63, 3.8) is 0 Å². The van der Waals surface area contributed by atoms with Crippen molar-refractivity contribution in [3.8, 4) is 6.07 Å². The molecule has 51 valence electrons. The SMILES string of the molecule is C[CH][C@@H](C#N)CC(C)C. The molecule has 0 aliphatic carbocycles. The smallest absolute Gasteiger partial charge is 0.0658 e. The highest BCUT2D eigenvalue weighted by atomic mass is 14.3. The zero-order valence-electron chi connectivity index (χ0n) is 6.39. The Morgan fingerprint density at radius 2 is 2.11 bits per heavy atom. The van der Waals surface area contributed by atoms with Gasteiger partial charge < -0.3 is 0 Å². The van der Waals surface area contributed by atoms with E-state index >= 15 is 0 Å². The van der Waals surface area contributed by atoms with E-state index in [1.54, 1.807) is 0 Å². The van der Waals surface area contributed by atoms with E-state index in [4.69, 9.17) is 5.26 Å². The molecule has 1 atom stereocenters. The molecule has 0 rings (SSSR count). The topological polar surface area (TPSA) is 23.8 Å². The molecule has 0 amide bonds. The lowest BCUT2D eigenvalue weighted by atomic mass is 9.96. The summed E-state index contributed by atoms with van der Waals surface area (Å²) >= 11 is 0. The Balaban J connectivity index is 3.47. The van der Waals surface area contributed by atoms with Crippen LogP contribution < -0.4 is 0 Å². The van der Waals surface area contributed by atoms with Crippen molar-refractivity contribution < 1.29 is 0 Å². The summed E-state index contributed by atoms with van der Waals surface area (Å²) in [5, 5.41) is 8.49. The van der Waals surface area contributed by atoms with Gasteiger partial charge in [0, 0.05) is 5.92 Å². The standard InChI is InChI=1S/C8H14N/c1-4-8(6-9)5-7(2)3/h4,7-8H,5H2,1-3H3/t8-/m1/s1. The summed E-state index contributed by atoms with van der Waals surface area (Å²) in [4.78, 5) is 0. The molecule has 0 aliphatic rings. The highest BCUT2D eigenvalue weighted by molar-refractivity contribution is 4.90. The first kappa shape index (κ1) is 8.49. The van der Waals surface area contributed by atoms with Crippen LogP contribution in [-0.4, -0.2) is 0 Å². The largest absolute Gasteiger partial charge is 0.198 e. The van der Waals surface area contributed by atoms with Crippen molar-refractivity contribution in [1.82, 2.24) is 0 Å². The molecule has 0 saturated heterocycles. The molecular weight excluding hydrogens is 110 g/mol. The second kappa shape index (κ2) is 4.38. The third-order valence-corrected chi connectivity index (χ3v) is 1.29. The lowest BCUT2D eigenvalue weighted by Crippen LogP contribution is -2.00. The minimum absolute atomic E-state index is 0.157. The first-order valence-corrected chi connectivity index (χ1v) is 3.39. The number of nitrogens with zero attached hydrogens (tertiary/aromatic N) is 1. The highest BCUT2D eigenvalue weighted by Crippen LogP contribution is 2.12. The minimum Gasteiger partial charge on any atom is -0.198 e. The number of hydrogen-bond acceptors (Lipinski definition) is 1. The monoisotopic (exact) mass is 124 g/mol. The normalized spacial score (nSPS) is 13.2. The summed E-state index contributed by atoms with van der Waals surface area (Å²) in [7, 11) is 0. The van der Waals surface area contributed by atoms with E-state index in [2.05, 4.69) is 19.9 Å². The molecule has 0 spiro atoms. The van der Waals surface area contributed by atoms with Crippen molar-refractivity contribution in [2.45, 2.75) is 27.2 Å². The second-order valence-corrected chi connectivity index (χ2v) is 2.70. The maximum absolute atomic E-state index is 8.49. The lowest BCUT2D eigenvalue weighted by Gasteiger charge is -2.06. The van der Waals surface area contributed by atoms with E-state index in [0.29, 0.717) is 5.92 Å². The lowest BCUT2D eigenvalue weighted by molar-refractivity contribution is 0.521. The summed E-state index contributed by atoms with van der Waals surface area (Å²) in [5.41, 5.74) is 0. The Morgan fingerprint density at radius 1 is 1.56 bits per heavy atom. The van der Waals surface area contributed by atoms with Gasteiger partial charge in [-0.25, -0.2) is 0 Å². The Bertz CT molecular complexity index is 99.6. The molecule has 0 saturated carbocycles. The van der Waals surface area contributed by atoms with Gasteiger partial charge in [0.05, 0.1) is 6.07 Å². The maximum atomic E-state index is 8.49. The molecule has 0 heterocycles. The first-order valence-electron chi connectivity index (χ1n) is 3.39.